The summed E-state index contributed by atoms with van der Waals surface area (Å²) in [5.74, 6) is 1.36. The molecule has 6 aromatic carbocycles. The summed E-state index contributed by atoms with van der Waals surface area (Å²) in [6, 6.07) is 38.9. The van der Waals surface area contributed by atoms with Gasteiger partial charge in [0.15, 0.2) is 0 Å². The number of phenols is 1. The molecule has 55 heavy (non-hydrogen) atoms. The second-order valence-electron chi connectivity index (χ2n) is 17.0. The van der Waals surface area contributed by atoms with Gasteiger partial charge >= 0.3 is 0 Å². The molecule has 272 valence electrons. The fourth-order valence-corrected chi connectivity index (χ4v) is 10.6. The molecule has 0 aromatic heterocycles. The highest BCUT2D eigenvalue weighted by Crippen LogP contribution is 2.56. The van der Waals surface area contributed by atoms with E-state index >= 15 is 0 Å². The Morgan fingerprint density at radius 2 is 1.33 bits per heavy atom. The van der Waals surface area contributed by atoms with Crippen LogP contribution in [0, 0.1) is 0 Å². The van der Waals surface area contributed by atoms with Gasteiger partial charge in [0.1, 0.15) is 29.3 Å². The van der Waals surface area contributed by atoms with Gasteiger partial charge in [0.05, 0.1) is 5.69 Å². The molecule has 3 nitrogen and oxygen atoms in total. The summed E-state index contributed by atoms with van der Waals surface area (Å²) in [5, 5.41) is 13.2. The van der Waals surface area contributed by atoms with E-state index in [1.165, 1.54) is 102 Å². The minimum absolute atomic E-state index is 0.00144. The average Bonchev–Trinajstić information content (AvgIpc) is 3.45. The Morgan fingerprint density at radius 3 is 2.11 bits per heavy atom. The summed E-state index contributed by atoms with van der Waals surface area (Å²) in [7, 11) is 5.97. The molecular weight excluding hydrogens is 665 g/mol. The number of para-hydroxylation sites is 2. The van der Waals surface area contributed by atoms with Crippen LogP contribution in [-0.4, -0.2) is 28.6 Å². The van der Waals surface area contributed by atoms with E-state index in [4.69, 9.17) is 5.73 Å². The molecular formula is C49H51B3N2O. The average molecular weight is 716 g/mol. The zero-order valence-corrected chi connectivity index (χ0v) is 33.2. The van der Waals surface area contributed by atoms with Crippen molar-refractivity contribution in [2.75, 3.05) is 10.6 Å². The highest BCUT2D eigenvalue weighted by molar-refractivity contribution is 6.56. The summed E-state index contributed by atoms with van der Waals surface area (Å²) in [6.07, 6.45) is 12.7. The first-order valence-corrected chi connectivity index (χ1v) is 20.6. The van der Waals surface area contributed by atoms with Crippen LogP contribution in [0.3, 0.4) is 0 Å². The van der Waals surface area contributed by atoms with Crippen molar-refractivity contribution >= 4 is 73.4 Å². The van der Waals surface area contributed by atoms with E-state index in [0.717, 1.165) is 32.9 Å². The van der Waals surface area contributed by atoms with Gasteiger partial charge in [-0.05, 0) is 112 Å². The molecule has 3 aliphatic rings. The third kappa shape index (κ3) is 5.74. The van der Waals surface area contributed by atoms with Gasteiger partial charge in [0.25, 0.3) is 0 Å². The van der Waals surface area contributed by atoms with E-state index in [1.807, 2.05) is 15.7 Å². The van der Waals surface area contributed by atoms with Crippen molar-refractivity contribution in [2.45, 2.75) is 82.5 Å². The Morgan fingerprint density at radius 1 is 0.655 bits per heavy atom. The molecule has 0 amide bonds. The molecule has 3 N–H and O–H groups in total. The molecule has 6 heteroatoms. The van der Waals surface area contributed by atoms with Crippen LogP contribution >= 0.6 is 0 Å². The predicted molar refractivity (Wildman–Crippen MR) is 244 cm³/mol. The molecule has 0 radical (unpaired) electrons. The van der Waals surface area contributed by atoms with Crippen molar-refractivity contribution < 1.29 is 5.11 Å². The van der Waals surface area contributed by atoms with E-state index in [0.29, 0.717) is 17.5 Å². The van der Waals surface area contributed by atoms with Crippen molar-refractivity contribution in [2.24, 2.45) is 0 Å². The summed E-state index contributed by atoms with van der Waals surface area (Å²) in [4.78, 5) is 2.59. The Hall–Kier alpha value is -5.09. The lowest BCUT2D eigenvalue weighted by atomic mass is 9.70. The van der Waals surface area contributed by atoms with E-state index in [-0.39, 0.29) is 11.2 Å². The third-order valence-electron chi connectivity index (χ3n) is 13.7. The van der Waals surface area contributed by atoms with E-state index < -0.39 is 0 Å². The molecule has 1 atom stereocenters. The van der Waals surface area contributed by atoms with Gasteiger partial charge < -0.3 is 15.7 Å². The maximum Gasteiger partial charge on any atom is 0.146 e. The lowest BCUT2D eigenvalue weighted by molar-refractivity contribution is 0.444. The minimum atomic E-state index is 0.00144. The topological polar surface area (TPSA) is 49.5 Å². The number of nitrogens with zero attached hydrogens (tertiary/aromatic N) is 1. The van der Waals surface area contributed by atoms with Crippen LogP contribution in [0.4, 0.5) is 22.7 Å². The van der Waals surface area contributed by atoms with E-state index in [1.54, 1.807) is 5.57 Å². The Bertz CT molecular complexity index is 2480. The first-order valence-electron chi connectivity index (χ1n) is 20.6. The number of anilines is 4. The normalized spacial score (nSPS) is 17.8. The summed E-state index contributed by atoms with van der Waals surface area (Å²) < 4.78 is 0. The molecule has 0 bridgehead atoms. The highest BCUT2D eigenvalue weighted by atomic mass is 16.3. The number of allylic oxidation sites excluding steroid dienone is 2. The van der Waals surface area contributed by atoms with Gasteiger partial charge in [-0.3, -0.25) is 0 Å². The summed E-state index contributed by atoms with van der Waals surface area (Å²) in [6.45, 7) is 4.89. The maximum absolute atomic E-state index is 10.9. The van der Waals surface area contributed by atoms with Crippen LogP contribution < -0.4 is 27.0 Å². The first kappa shape index (κ1) is 35.6. The lowest BCUT2D eigenvalue weighted by Crippen LogP contribution is -2.34. The second-order valence-corrected chi connectivity index (χ2v) is 17.0. The zero-order chi connectivity index (χ0) is 38.0. The number of rotatable bonds is 6. The van der Waals surface area contributed by atoms with Crippen molar-refractivity contribution in [1.29, 1.82) is 0 Å². The number of hydrogen-bond acceptors (Lipinski definition) is 3. The number of nitrogens with two attached hydrogens (primary N) is 1. The lowest BCUT2D eigenvalue weighted by Gasteiger charge is -2.34. The molecule has 1 fully saturated rings. The molecule has 1 saturated carbocycles. The molecule has 0 saturated heterocycles. The molecule has 0 aliphatic heterocycles. The van der Waals surface area contributed by atoms with Crippen molar-refractivity contribution in [3.05, 3.63) is 131 Å². The minimum Gasteiger partial charge on any atom is -0.509 e. The Kier molecular flexibility index (Phi) is 8.99. The van der Waals surface area contributed by atoms with Crippen LogP contribution in [-0.2, 0) is 5.41 Å². The van der Waals surface area contributed by atoms with Gasteiger partial charge in [-0.25, -0.2) is 0 Å². The van der Waals surface area contributed by atoms with Gasteiger partial charge in [-0.2, -0.15) is 0 Å². The Labute approximate surface area is 329 Å². The molecule has 3 aliphatic carbocycles. The van der Waals surface area contributed by atoms with Gasteiger partial charge in [0, 0.05) is 34.0 Å². The largest absolute Gasteiger partial charge is 0.509 e. The first-order chi connectivity index (χ1) is 26.7. The van der Waals surface area contributed by atoms with Crippen molar-refractivity contribution in [3.8, 4) is 28.0 Å². The smallest absolute Gasteiger partial charge is 0.146 e. The van der Waals surface area contributed by atoms with Crippen LogP contribution in [0.1, 0.15) is 93.7 Å². The predicted octanol–water partition coefficient (Wildman–Crippen LogP) is 8.24. The third-order valence-corrected chi connectivity index (χ3v) is 13.7. The van der Waals surface area contributed by atoms with E-state index in [2.05, 4.69) is 136 Å². The number of aromatic hydroxyl groups is 1. The zero-order valence-electron chi connectivity index (χ0n) is 33.2. The fourth-order valence-electron chi connectivity index (χ4n) is 10.6. The van der Waals surface area contributed by atoms with Crippen LogP contribution in [0.15, 0.2) is 115 Å². The monoisotopic (exact) mass is 716 g/mol. The molecule has 1 unspecified atom stereocenters. The molecule has 9 rings (SSSR count). The van der Waals surface area contributed by atoms with Crippen LogP contribution in [0.5, 0.6) is 5.75 Å². The quantitative estimate of drug-likeness (QED) is 0.104. The molecule has 0 heterocycles. The van der Waals surface area contributed by atoms with Crippen LogP contribution in [0.2, 0.25) is 0 Å². The standard InChI is InChI=1S/C49H51B3N2O/c1-49(2)39-21-11-8-19-35(39)36-25-24-30(28-40(36)49)54(41-22-12-9-16-31(41)29-14-4-3-5-15-29)42-23-13-10-20-37(42)34-26-27-38(33-18-7-6-17-32(33)34)43-44(50)45(51)48(55)46(52)47(43)53/h6-7,9-10,12-13,16-18,20-29,35,55H,3-5,8,11,14-15,19,50-53H2,1-2H3. The number of phenolic OH excluding ortho intramolecular Hbond substituents is 1. The second kappa shape index (κ2) is 13.9. The number of nitrogen functional groups attached to an aromatic ring is 1. The van der Waals surface area contributed by atoms with Gasteiger partial charge in [0.2, 0.25) is 0 Å². The summed E-state index contributed by atoms with van der Waals surface area (Å²) in [5.41, 5.74) is 24.3. The van der Waals surface area contributed by atoms with Gasteiger partial charge in [-0.1, -0.05) is 135 Å². The highest BCUT2D eigenvalue weighted by Gasteiger charge is 2.42. The number of benzene rings is 6. The fraction of sp³-hybridized carbons (Fsp3) is 0.265. The number of fused-ring (bicyclic) bond motifs is 4. The van der Waals surface area contributed by atoms with E-state index in [9.17, 15) is 5.11 Å². The SMILES string of the molecule is Bc1c(B)c(-c2ccc(-c3ccccc3N(c3ccc4c(c3)C(C)(C)C3=CCCCC34)c3ccccc3C3CCCCC3)c3ccccc23)c(N)c(B)c1O. The maximum atomic E-state index is 10.9. The van der Waals surface area contributed by atoms with Crippen LogP contribution in [0.25, 0.3) is 33.0 Å². The summed E-state index contributed by atoms with van der Waals surface area (Å²) >= 11 is 0. The molecule has 6 aromatic rings. The molecule has 0 spiro atoms. The van der Waals surface area contributed by atoms with Crippen molar-refractivity contribution in [1.82, 2.24) is 0 Å². The van der Waals surface area contributed by atoms with Crippen molar-refractivity contribution in [3.63, 3.8) is 0 Å². The van der Waals surface area contributed by atoms with Gasteiger partial charge in [-0.15, -0.1) is 0 Å². The number of hydrogen-bond donors (Lipinski definition) is 2. The Balaban J connectivity index is 1.28.